The molecule has 5 nitrogen and oxygen atoms in total. The first-order valence-electron chi connectivity index (χ1n) is 5.73. The van der Waals surface area contributed by atoms with Crippen molar-refractivity contribution in [1.82, 2.24) is 9.78 Å². The number of hydrogen-bond donors (Lipinski definition) is 2. The molecule has 0 saturated carbocycles. The first kappa shape index (κ1) is 11.4. The minimum atomic E-state index is -0.0280. The van der Waals surface area contributed by atoms with E-state index in [1.54, 1.807) is 24.1 Å². The number of fused-ring (bicyclic) bond motifs is 1. The van der Waals surface area contributed by atoms with Gasteiger partial charge in [0.1, 0.15) is 22.9 Å². The van der Waals surface area contributed by atoms with Crippen molar-refractivity contribution in [2.24, 2.45) is 0 Å². The van der Waals surface area contributed by atoms with Gasteiger partial charge >= 0.3 is 0 Å². The second kappa shape index (κ2) is 4.20. The van der Waals surface area contributed by atoms with Crippen LogP contribution < -0.4 is 4.74 Å². The Balaban J connectivity index is 2.14. The van der Waals surface area contributed by atoms with Gasteiger partial charge in [-0.15, -0.1) is 0 Å². The molecule has 0 radical (unpaired) electrons. The number of benzene rings is 2. The summed E-state index contributed by atoms with van der Waals surface area (Å²) in [5.41, 5.74) is 1.31. The van der Waals surface area contributed by atoms with Crippen molar-refractivity contribution < 1.29 is 14.9 Å². The highest BCUT2D eigenvalue weighted by atomic mass is 16.5. The van der Waals surface area contributed by atoms with Crippen molar-refractivity contribution in [1.29, 1.82) is 0 Å². The molecule has 0 atom stereocenters. The fourth-order valence-corrected chi connectivity index (χ4v) is 1.96. The summed E-state index contributed by atoms with van der Waals surface area (Å²) in [4.78, 5) is 0. The highest BCUT2D eigenvalue weighted by molar-refractivity contribution is 5.80. The first-order chi connectivity index (χ1) is 9.17. The van der Waals surface area contributed by atoms with Crippen LogP contribution in [0.1, 0.15) is 0 Å². The summed E-state index contributed by atoms with van der Waals surface area (Å²) >= 11 is 0. The van der Waals surface area contributed by atoms with Gasteiger partial charge in [-0.05, 0) is 30.3 Å². The molecule has 0 aliphatic carbocycles. The molecule has 0 saturated heterocycles. The van der Waals surface area contributed by atoms with Crippen molar-refractivity contribution >= 4 is 10.9 Å². The van der Waals surface area contributed by atoms with E-state index in [0.29, 0.717) is 5.69 Å². The quantitative estimate of drug-likeness (QED) is 0.739. The highest BCUT2D eigenvalue weighted by Crippen LogP contribution is 2.27. The van der Waals surface area contributed by atoms with Gasteiger partial charge in [-0.3, -0.25) is 0 Å². The van der Waals surface area contributed by atoms with Crippen LogP contribution in [0.25, 0.3) is 16.6 Å². The summed E-state index contributed by atoms with van der Waals surface area (Å²) in [6.07, 6.45) is 1.80. The molecule has 2 N–H and O–H groups in total. The van der Waals surface area contributed by atoms with E-state index in [4.69, 9.17) is 4.74 Å². The summed E-state index contributed by atoms with van der Waals surface area (Å²) in [5, 5.41) is 24.4. The molecule has 3 rings (SSSR count). The van der Waals surface area contributed by atoms with Gasteiger partial charge in [0.05, 0.1) is 12.6 Å². The third-order valence-electron chi connectivity index (χ3n) is 2.92. The lowest BCUT2D eigenvalue weighted by molar-refractivity contribution is 0.415. The lowest BCUT2D eigenvalue weighted by atomic mass is 10.2. The fourth-order valence-electron chi connectivity index (χ4n) is 1.96. The van der Waals surface area contributed by atoms with E-state index in [1.165, 1.54) is 12.1 Å². The van der Waals surface area contributed by atoms with E-state index >= 15 is 0 Å². The molecule has 0 amide bonds. The highest BCUT2D eigenvalue weighted by Gasteiger charge is 2.08. The molecule has 3 aromatic rings. The molecule has 2 aromatic carbocycles. The summed E-state index contributed by atoms with van der Waals surface area (Å²) in [5.74, 6) is 0.737. The summed E-state index contributed by atoms with van der Waals surface area (Å²) in [6, 6.07) is 9.94. The van der Waals surface area contributed by atoms with Crippen molar-refractivity contribution in [2.45, 2.75) is 0 Å². The molecule has 0 fully saturated rings. The normalized spacial score (nSPS) is 10.8. The second-order valence-corrected chi connectivity index (χ2v) is 4.17. The van der Waals surface area contributed by atoms with Gasteiger partial charge < -0.3 is 14.9 Å². The smallest absolute Gasteiger partial charge is 0.144 e. The lowest BCUT2D eigenvalue weighted by Gasteiger charge is -2.03. The number of ether oxygens (including phenoxy) is 1. The predicted octanol–water partition coefficient (Wildman–Crippen LogP) is 2.45. The van der Waals surface area contributed by atoms with E-state index in [0.717, 1.165) is 16.7 Å². The van der Waals surface area contributed by atoms with Gasteiger partial charge in [-0.25, -0.2) is 4.68 Å². The van der Waals surface area contributed by atoms with Crippen LogP contribution in [0.2, 0.25) is 0 Å². The van der Waals surface area contributed by atoms with Crippen molar-refractivity contribution in [3.63, 3.8) is 0 Å². The minimum Gasteiger partial charge on any atom is -0.508 e. The Labute approximate surface area is 109 Å². The van der Waals surface area contributed by atoms with Crippen LogP contribution in [0.5, 0.6) is 17.2 Å². The summed E-state index contributed by atoms with van der Waals surface area (Å²) in [7, 11) is 1.61. The lowest BCUT2D eigenvalue weighted by Crippen LogP contribution is -1.94. The first-order valence-corrected chi connectivity index (χ1v) is 5.73. The van der Waals surface area contributed by atoms with E-state index in [9.17, 15) is 10.2 Å². The topological polar surface area (TPSA) is 67.5 Å². The van der Waals surface area contributed by atoms with Crippen LogP contribution >= 0.6 is 0 Å². The van der Waals surface area contributed by atoms with E-state index in [2.05, 4.69) is 5.10 Å². The van der Waals surface area contributed by atoms with E-state index in [1.807, 2.05) is 18.2 Å². The molecule has 96 valence electrons. The van der Waals surface area contributed by atoms with Gasteiger partial charge in [-0.1, -0.05) is 0 Å². The zero-order valence-electron chi connectivity index (χ0n) is 10.2. The number of phenols is 2. The number of phenolic OH excluding ortho intramolecular Hbond substituents is 2. The maximum atomic E-state index is 9.83. The maximum Gasteiger partial charge on any atom is 0.144 e. The van der Waals surface area contributed by atoms with Crippen molar-refractivity contribution in [3.8, 4) is 22.9 Å². The molecule has 0 aliphatic heterocycles. The molecular weight excluding hydrogens is 244 g/mol. The second-order valence-electron chi connectivity index (χ2n) is 4.17. The zero-order valence-corrected chi connectivity index (χ0v) is 10.2. The molecule has 5 heteroatoms. The SMILES string of the molecule is COc1ccc2nn(-c3ccc(O)cc3O)cc2c1. The average molecular weight is 256 g/mol. The average Bonchev–Trinajstić information content (AvgIpc) is 2.80. The molecular formula is C14H12N2O3. The van der Waals surface area contributed by atoms with Crippen LogP contribution in [0.3, 0.4) is 0 Å². The van der Waals surface area contributed by atoms with Crippen molar-refractivity contribution in [2.75, 3.05) is 7.11 Å². The van der Waals surface area contributed by atoms with Crippen LogP contribution in [-0.4, -0.2) is 27.1 Å². The monoisotopic (exact) mass is 256 g/mol. The number of methoxy groups -OCH3 is 1. The van der Waals surface area contributed by atoms with Crippen LogP contribution in [-0.2, 0) is 0 Å². The van der Waals surface area contributed by atoms with E-state index < -0.39 is 0 Å². The molecule has 0 bridgehead atoms. The van der Waals surface area contributed by atoms with Crippen LogP contribution in [0, 0.1) is 0 Å². The van der Waals surface area contributed by atoms with Crippen LogP contribution in [0.4, 0.5) is 0 Å². The van der Waals surface area contributed by atoms with Crippen molar-refractivity contribution in [3.05, 3.63) is 42.6 Å². The Bertz CT molecular complexity index is 750. The number of aromatic nitrogens is 2. The predicted molar refractivity (Wildman–Crippen MR) is 71.0 cm³/mol. The molecule has 0 aliphatic rings. The van der Waals surface area contributed by atoms with Gasteiger partial charge in [0.2, 0.25) is 0 Å². The number of rotatable bonds is 2. The van der Waals surface area contributed by atoms with Gasteiger partial charge in [-0.2, -0.15) is 5.10 Å². The molecule has 0 spiro atoms. The molecule has 1 aromatic heterocycles. The number of aromatic hydroxyl groups is 2. The Kier molecular flexibility index (Phi) is 2.52. The Hall–Kier alpha value is -2.69. The maximum absolute atomic E-state index is 9.83. The van der Waals surface area contributed by atoms with Gasteiger partial charge in [0, 0.05) is 17.6 Å². The molecule has 1 heterocycles. The standard InChI is InChI=1S/C14H12N2O3/c1-19-11-3-4-12-9(6-11)8-16(15-12)13-5-2-10(17)7-14(13)18/h2-8,17-18H,1H3. The number of nitrogens with zero attached hydrogens (tertiary/aromatic N) is 2. The minimum absolute atomic E-state index is 0.0135. The largest absolute Gasteiger partial charge is 0.508 e. The molecule has 0 unspecified atom stereocenters. The van der Waals surface area contributed by atoms with Gasteiger partial charge in [0.25, 0.3) is 0 Å². The molecule has 19 heavy (non-hydrogen) atoms. The van der Waals surface area contributed by atoms with Gasteiger partial charge in [0.15, 0.2) is 0 Å². The van der Waals surface area contributed by atoms with Crippen LogP contribution in [0.15, 0.2) is 42.6 Å². The summed E-state index contributed by atoms with van der Waals surface area (Å²) in [6.45, 7) is 0. The Morgan fingerprint density at radius 1 is 1.11 bits per heavy atom. The fraction of sp³-hybridized carbons (Fsp3) is 0.0714. The summed E-state index contributed by atoms with van der Waals surface area (Å²) < 4.78 is 6.73. The Morgan fingerprint density at radius 3 is 2.68 bits per heavy atom. The Morgan fingerprint density at radius 2 is 1.95 bits per heavy atom. The van der Waals surface area contributed by atoms with E-state index in [-0.39, 0.29) is 11.5 Å². The third kappa shape index (κ3) is 1.95. The number of hydrogen-bond acceptors (Lipinski definition) is 4. The third-order valence-corrected chi connectivity index (χ3v) is 2.92. The zero-order chi connectivity index (χ0) is 13.4.